The zero-order valence-corrected chi connectivity index (χ0v) is 51.3. The highest BCUT2D eigenvalue weighted by atomic mass is 35.5. The van der Waals surface area contributed by atoms with Crippen molar-refractivity contribution >= 4 is 52.3 Å². The number of fused-ring (bicyclic) bond motifs is 3. The van der Waals surface area contributed by atoms with Gasteiger partial charge in [0, 0.05) is 40.7 Å². The summed E-state index contributed by atoms with van der Waals surface area (Å²) in [6, 6.07) is 22.5. The normalized spacial score (nSPS) is 15.3. The molecular formula is C63H76ClN7O13S. The molecular weight excluding hydrogens is 1130 g/mol. The molecule has 4 aromatic carbocycles. The van der Waals surface area contributed by atoms with E-state index in [9.17, 15) is 19.2 Å². The highest BCUT2D eigenvalue weighted by Crippen LogP contribution is 2.43. The summed E-state index contributed by atoms with van der Waals surface area (Å²) in [7, 11) is 7.73. The Kier molecular flexibility index (Phi) is 22.6. The topological polar surface area (TPSA) is 222 Å². The number of aromatic nitrogens is 3. The third-order valence-corrected chi connectivity index (χ3v) is 16.5. The van der Waals surface area contributed by atoms with Crippen molar-refractivity contribution in [2.75, 3.05) is 88.2 Å². The predicted molar refractivity (Wildman–Crippen MR) is 323 cm³/mol. The Bertz CT molecular complexity index is 3290. The van der Waals surface area contributed by atoms with Crippen molar-refractivity contribution in [3.05, 3.63) is 134 Å². The number of benzene rings is 4. The number of likely N-dealkylation sites (tertiary alicyclic amines) is 1. The van der Waals surface area contributed by atoms with Gasteiger partial charge in [0.15, 0.2) is 35.4 Å². The van der Waals surface area contributed by atoms with Crippen molar-refractivity contribution in [2.24, 2.45) is 4.99 Å². The van der Waals surface area contributed by atoms with Crippen LogP contribution >= 0.6 is 22.9 Å². The fourth-order valence-electron chi connectivity index (χ4n) is 10.6. The van der Waals surface area contributed by atoms with Gasteiger partial charge < -0.3 is 58.2 Å². The van der Waals surface area contributed by atoms with Crippen LogP contribution in [0.2, 0.25) is 5.02 Å². The number of hydrogen-bond donors (Lipinski definition) is 2. The number of carbonyl (C=O) groups is 4. The molecule has 20 nitrogen and oxygen atoms in total. The number of amides is 3. The number of nitrogens with one attached hydrogen (secondary N) is 2. The smallest absolute Gasteiger partial charge is 0.329 e. The minimum absolute atomic E-state index is 0.0571. The second-order valence-corrected chi connectivity index (χ2v) is 22.2. The number of piperidine rings is 1. The maximum atomic E-state index is 14.6. The maximum absolute atomic E-state index is 14.6. The van der Waals surface area contributed by atoms with E-state index in [1.54, 1.807) is 60.8 Å². The molecule has 1 saturated heterocycles. The molecule has 0 aliphatic carbocycles. The number of esters is 1. The standard InChI is InChI=1S/C63H76ClN7O13S/c1-10-47(44-34-53(78-7)59(80-9)54(35-44)79-8)61(74)70-27-12-11-16-49(70)63(75)84-50(23-17-41-18-24-51(76-5)52(32-41)77-6)43-14-13-15-46(33-43)83-37-56(73)66-26-29-82-31-30-81-28-25-65-55(72)36-48-60-69-68-40(4)71(60)62-57(38(2)39(3)85-62)58(67-48)42-19-21-45(64)22-20-42/h13-15,18-22,24,32-35,47-50H,10-12,16-17,23,25-31,36-37H2,1-9H3,(H,65,72)(H,66,73). The zero-order valence-electron chi connectivity index (χ0n) is 49.8. The van der Waals surface area contributed by atoms with Gasteiger partial charge in [-0.25, -0.2) is 4.79 Å². The Labute approximate surface area is 505 Å². The van der Waals surface area contributed by atoms with E-state index >= 15 is 0 Å². The van der Waals surface area contributed by atoms with Crippen molar-refractivity contribution in [3.8, 4) is 39.5 Å². The van der Waals surface area contributed by atoms with Crippen LogP contribution in [-0.2, 0) is 39.8 Å². The van der Waals surface area contributed by atoms with Crippen LogP contribution < -0.4 is 39.1 Å². The molecule has 2 aliphatic heterocycles. The van der Waals surface area contributed by atoms with Gasteiger partial charge in [-0.05, 0) is 130 Å². The van der Waals surface area contributed by atoms with E-state index in [0.29, 0.717) is 94.5 Å². The number of methoxy groups -OCH3 is 5. The number of aliphatic imine (C=N–C) groups is 1. The second-order valence-electron chi connectivity index (χ2n) is 20.5. The minimum atomic E-state index is -0.823. The first-order chi connectivity index (χ1) is 41.2. The van der Waals surface area contributed by atoms with Crippen LogP contribution in [0, 0.1) is 20.8 Å². The molecule has 8 rings (SSSR count). The Morgan fingerprint density at radius 1 is 0.753 bits per heavy atom. The maximum Gasteiger partial charge on any atom is 0.329 e. The van der Waals surface area contributed by atoms with Gasteiger partial charge in [0.25, 0.3) is 5.91 Å². The molecule has 4 atom stereocenters. The van der Waals surface area contributed by atoms with Crippen LogP contribution in [0.15, 0.2) is 83.9 Å². The van der Waals surface area contributed by atoms with Crippen molar-refractivity contribution < 1.29 is 61.8 Å². The zero-order chi connectivity index (χ0) is 60.6. The lowest BCUT2D eigenvalue weighted by Gasteiger charge is -2.37. The molecule has 2 aliphatic rings. The monoisotopic (exact) mass is 1210 g/mol. The lowest BCUT2D eigenvalue weighted by Crippen LogP contribution is -2.50. The molecule has 0 spiro atoms. The van der Waals surface area contributed by atoms with Gasteiger partial charge in [-0.3, -0.25) is 23.9 Å². The Balaban J connectivity index is 0.806. The van der Waals surface area contributed by atoms with Crippen LogP contribution in [0.4, 0.5) is 0 Å². The van der Waals surface area contributed by atoms with Crippen molar-refractivity contribution in [2.45, 2.75) is 96.7 Å². The average Bonchev–Trinajstić information content (AvgIpc) is 1.97. The number of carbonyl (C=O) groups excluding carboxylic acids is 4. The molecule has 2 N–H and O–H groups in total. The number of nitrogens with zero attached hydrogens (tertiary/aromatic N) is 5. The first-order valence-corrected chi connectivity index (χ1v) is 29.7. The van der Waals surface area contributed by atoms with Gasteiger partial charge in [0.05, 0.1) is 80.0 Å². The van der Waals surface area contributed by atoms with Gasteiger partial charge in [0.2, 0.25) is 17.6 Å². The van der Waals surface area contributed by atoms with Gasteiger partial charge in [-0.15, -0.1) is 21.5 Å². The fraction of sp³-hybridized carbons (Fsp3) is 0.444. The highest BCUT2D eigenvalue weighted by molar-refractivity contribution is 7.15. The number of aryl methyl sites for hydroxylation is 3. The Morgan fingerprint density at radius 2 is 1.45 bits per heavy atom. The lowest BCUT2D eigenvalue weighted by molar-refractivity contribution is -0.162. The Morgan fingerprint density at radius 3 is 2.12 bits per heavy atom. The molecule has 4 unspecified atom stereocenters. The molecule has 0 bridgehead atoms. The van der Waals surface area contributed by atoms with Crippen molar-refractivity contribution in [3.63, 3.8) is 0 Å². The largest absolute Gasteiger partial charge is 0.493 e. The predicted octanol–water partition coefficient (Wildman–Crippen LogP) is 9.37. The van der Waals surface area contributed by atoms with E-state index in [1.165, 1.54) is 21.3 Å². The fourth-order valence-corrected chi connectivity index (χ4v) is 11.9. The minimum Gasteiger partial charge on any atom is -0.493 e. The quantitative estimate of drug-likeness (QED) is 0.0330. The van der Waals surface area contributed by atoms with E-state index in [2.05, 4.69) is 34.7 Å². The number of hydrogen-bond acceptors (Lipinski definition) is 17. The summed E-state index contributed by atoms with van der Waals surface area (Å²) in [5.41, 5.74) is 6.04. The summed E-state index contributed by atoms with van der Waals surface area (Å²) >= 11 is 7.91. The van der Waals surface area contributed by atoms with E-state index in [1.807, 2.05) is 66.9 Å². The number of halogens is 1. The number of thiophene rings is 1. The second kappa shape index (κ2) is 30.4. The molecule has 0 radical (unpaired) electrons. The Hall–Kier alpha value is -7.72. The van der Waals surface area contributed by atoms with Gasteiger partial charge in [-0.2, -0.15) is 0 Å². The summed E-state index contributed by atoms with van der Waals surface area (Å²) in [4.78, 5) is 63.4. The van der Waals surface area contributed by atoms with Gasteiger partial charge in [-0.1, -0.05) is 48.9 Å². The van der Waals surface area contributed by atoms with Crippen LogP contribution in [0.1, 0.15) is 113 Å². The molecule has 454 valence electrons. The molecule has 2 aromatic heterocycles. The first-order valence-electron chi connectivity index (χ1n) is 28.5. The van der Waals surface area contributed by atoms with Gasteiger partial charge in [0.1, 0.15) is 34.8 Å². The third-order valence-electron chi connectivity index (χ3n) is 15.1. The summed E-state index contributed by atoms with van der Waals surface area (Å²) in [5.74, 6) is 2.28. The summed E-state index contributed by atoms with van der Waals surface area (Å²) in [6.45, 7) is 9.68. The summed E-state index contributed by atoms with van der Waals surface area (Å²) in [6.07, 6.45) is 2.56. The molecule has 1 fully saturated rings. The van der Waals surface area contributed by atoms with Crippen LogP contribution in [0.25, 0.3) is 5.00 Å². The van der Waals surface area contributed by atoms with Crippen LogP contribution in [0.3, 0.4) is 0 Å². The molecule has 4 heterocycles. The molecule has 3 amide bonds. The van der Waals surface area contributed by atoms with Crippen molar-refractivity contribution in [1.29, 1.82) is 0 Å². The summed E-state index contributed by atoms with van der Waals surface area (Å²) in [5, 5.41) is 16.2. The molecule has 6 aromatic rings. The van der Waals surface area contributed by atoms with E-state index in [-0.39, 0.29) is 70.3 Å². The number of rotatable bonds is 29. The summed E-state index contributed by atoms with van der Waals surface area (Å²) < 4.78 is 53.6. The number of ether oxygens (including phenoxy) is 9. The van der Waals surface area contributed by atoms with Gasteiger partial charge >= 0.3 is 5.97 Å². The van der Waals surface area contributed by atoms with E-state index in [0.717, 1.165) is 50.7 Å². The third kappa shape index (κ3) is 15.6. The van der Waals surface area contributed by atoms with Crippen molar-refractivity contribution in [1.82, 2.24) is 30.3 Å². The molecule has 0 saturated carbocycles. The average molecular weight is 1210 g/mol. The molecule has 22 heteroatoms. The SMILES string of the molecule is CCC(C(=O)N1CCCCC1C(=O)OC(CCc1ccc(OC)c(OC)c1)c1cccc(OCC(=O)NCCOCCOCCNC(=O)CC2N=C(c3ccc(Cl)cc3)c3c(sc(C)c3C)-n3c(C)nnc32)c1)c1cc(OC)c(OC)c(OC)c1. The highest BCUT2D eigenvalue weighted by Gasteiger charge is 2.39. The first kappa shape index (κ1) is 63.3. The van der Waals surface area contributed by atoms with E-state index in [4.69, 9.17) is 59.2 Å². The lowest BCUT2D eigenvalue weighted by atomic mass is 9.91. The molecule has 85 heavy (non-hydrogen) atoms. The van der Waals surface area contributed by atoms with E-state index < -0.39 is 30.1 Å². The van der Waals surface area contributed by atoms with Crippen LogP contribution in [0.5, 0.6) is 34.5 Å². The van der Waals surface area contributed by atoms with Crippen LogP contribution in [-0.4, -0.2) is 143 Å².